The minimum Gasteiger partial charge on any atom is -0.344 e. The molecule has 1 aromatic carbocycles. The highest BCUT2D eigenvalue weighted by Gasteiger charge is 2.39. The smallest absolute Gasteiger partial charge is 0.264 e. The highest BCUT2D eigenvalue weighted by Crippen LogP contribution is 2.47. The van der Waals surface area contributed by atoms with Gasteiger partial charge in [-0.2, -0.15) is 8.42 Å². The molecule has 1 aromatic rings. The van der Waals surface area contributed by atoms with Gasteiger partial charge in [0.1, 0.15) is 0 Å². The van der Waals surface area contributed by atoms with E-state index in [1.165, 1.54) is 6.08 Å². The summed E-state index contributed by atoms with van der Waals surface area (Å²) in [7, 11) is -4.00. The number of carbonyl (C=O) groups is 1. The van der Waals surface area contributed by atoms with Gasteiger partial charge in [-0.3, -0.25) is 9.35 Å². The van der Waals surface area contributed by atoms with Crippen molar-refractivity contribution in [1.29, 1.82) is 0 Å². The number of hydrogen-bond donors (Lipinski definition) is 1. The van der Waals surface area contributed by atoms with Crippen LogP contribution in [0.1, 0.15) is 25.8 Å². The SMILES string of the molecule is CC1(C)/C(=C/C=C2/C=CC=CC2=O)N(CCCS(=O)(=O)O)c2ccccc21. The summed E-state index contributed by atoms with van der Waals surface area (Å²) in [6.07, 6.45) is 10.9. The normalized spacial score (nSPS) is 21.3. The van der Waals surface area contributed by atoms with Crippen molar-refractivity contribution >= 4 is 21.6 Å². The van der Waals surface area contributed by atoms with Gasteiger partial charge in [-0.25, -0.2) is 0 Å². The van der Waals surface area contributed by atoms with Crippen molar-refractivity contribution in [3.8, 4) is 0 Å². The second-order valence-corrected chi connectivity index (χ2v) is 8.76. The summed E-state index contributed by atoms with van der Waals surface area (Å²) in [5.41, 5.74) is 3.47. The van der Waals surface area contributed by atoms with E-state index >= 15 is 0 Å². The van der Waals surface area contributed by atoms with Crippen molar-refractivity contribution in [2.24, 2.45) is 0 Å². The summed E-state index contributed by atoms with van der Waals surface area (Å²) in [5.74, 6) is -0.326. The number of hydrogen-bond acceptors (Lipinski definition) is 4. The molecule has 142 valence electrons. The average Bonchev–Trinajstić information content (AvgIpc) is 2.81. The Bertz CT molecular complexity index is 981. The summed E-state index contributed by atoms with van der Waals surface area (Å²) in [5, 5.41) is 0. The molecule has 3 rings (SSSR count). The maximum absolute atomic E-state index is 12.0. The molecule has 0 spiro atoms. The lowest BCUT2D eigenvalue weighted by molar-refractivity contribution is -0.111. The van der Waals surface area contributed by atoms with Gasteiger partial charge in [-0.1, -0.05) is 50.3 Å². The fourth-order valence-corrected chi connectivity index (χ4v) is 4.07. The molecule has 5 nitrogen and oxygen atoms in total. The van der Waals surface area contributed by atoms with Gasteiger partial charge in [-0.05, 0) is 36.3 Å². The third-order valence-corrected chi connectivity index (χ3v) is 5.73. The molecule has 0 amide bonds. The summed E-state index contributed by atoms with van der Waals surface area (Å²) in [4.78, 5) is 14.1. The van der Waals surface area contributed by atoms with Crippen LogP contribution in [0.15, 0.2) is 72.0 Å². The van der Waals surface area contributed by atoms with E-state index in [0.29, 0.717) is 18.5 Å². The number of ketones is 1. The monoisotopic (exact) mass is 385 g/mol. The molecule has 6 heteroatoms. The van der Waals surface area contributed by atoms with Crippen LogP contribution in [0.3, 0.4) is 0 Å². The molecule has 0 fully saturated rings. The van der Waals surface area contributed by atoms with Crippen molar-refractivity contribution < 1.29 is 17.8 Å². The van der Waals surface area contributed by atoms with Gasteiger partial charge in [-0.15, -0.1) is 0 Å². The first kappa shape index (κ1) is 19.3. The number of benzene rings is 1. The Morgan fingerprint density at radius 3 is 2.52 bits per heavy atom. The van der Waals surface area contributed by atoms with Crippen LogP contribution in [0.5, 0.6) is 0 Å². The molecular formula is C21H23NO4S. The van der Waals surface area contributed by atoms with E-state index in [1.54, 1.807) is 18.2 Å². The standard InChI is InChI=1S/C21H23NO4S/c1-21(2)17-9-4-5-10-18(17)22(14-7-15-27(24,25)26)20(21)13-12-16-8-3-6-11-19(16)23/h3-6,8-13H,7,14-15H2,1-2H3,(H,24,25,26)/b16-12-,20-13-. The number of allylic oxidation sites excluding steroid dienone is 8. The van der Waals surface area contributed by atoms with Crippen LogP contribution in [0, 0.1) is 0 Å². The molecule has 0 unspecified atom stereocenters. The molecule has 0 atom stereocenters. The van der Waals surface area contributed by atoms with Crippen LogP contribution in [0.2, 0.25) is 0 Å². The molecule has 2 aliphatic rings. The molecule has 1 heterocycles. The molecule has 0 radical (unpaired) electrons. The maximum Gasteiger partial charge on any atom is 0.264 e. The van der Waals surface area contributed by atoms with Crippen molar-refractivity contribution in [2.75, 3.05) is 17.2 Å². The summed E-state index contributed by atoms with van der Waals surface area (Å²) in [6, 6.07) is 8.00. The first-order chi connectivity index (χ1) is 12.7. The number of rotatable bonds is 5. The minimum atomic E-state index is -4.00. The minimum absolute atomic E-state index is 0.0411. The zero-order valence-corrected chi connectivity index (χ0v) is 16.2. The molecular weight excluding hydrogens is 362 g/mol. The predicted octanol–water partition coefficient (Wildman–Crippen LogP) is 3.57. The molecule has 0 bridgehead atoms. The fourth-order valence-electron chi connectivity index (χ4n) is 3.57. The Hall–Kier alpha value is -2.44. The number of anilines is 1. The summed E-state index contributed by atoms with van der Waals surface area (Å²) >= 11 is 0. The van der Waals surface area contributed by atoms with Gasteiger partial charge in [0.25, 0.3) is 10.1 Å². The van der Waals surface area contributed by atoms with Gasteiger partial charge in [0, 0.05) is 28.9 Å². The van der Waals surface area contributed by atoms with Crippen LogP contribution in [0.25, 0.3) is 0 Å². The van der Waals surface area contributed by atoms with E-state index in [2.05, 4.69) is 24.8 Å². The van der Waals surface area contributed by atoms with Gasteiger partial charge in [0.05, 0.1) is 5.75 Å². The van der Waals surface area contributed by atoms with E-state index in [1.807, 2.05) is 30.4 Å². The van der Waals surface area contributed by atoms with Crippen molar-refractivity contribution in [3.63, 3.8) is 0 Å². The number of fused-ring (bicyclic) bond motifs is 1. The zero-order valence-electron chi connectivity index (χ0n) is 15.4. The van der Waals surface area contributed by atoms with E-state index in [4.69, 9.17) is 4.55 Å². The van der Waals surface area contributed by atoms with Gasteiger partial charge in [0.2, 0.25) is 0 Å². The van der Waals surface area contributed by atoms with E-state index in [0.717, 1.165) is 16.9 Å². The Morgan fingerprint density at radius 1 is 1.11 bits per heavy atom. The number of nitrogens with zero attached hydrogens (tertiary/aromatic N) is 1. The lowest BCUT2D eigenvalue weighted by atomic mass is 9.83. The van der Waals surface area contributed by atoms with Crippen molar-refractivity contribution in [2.45, 2.75) is 25.7 Å². The lowest BCUT2D eigenvalue weighted by Crippen LogP contribution is -2.28. The van der Waals surface area contributed by atoms with Crippen LogP contribution < -0.4 is 4.90 Å². The van der Waals surface area contributed by atoms with Crippen molar-refractivity contribution in [3.05, 3.63) is 77.6 Å². The second-order valence-electron chi connectivity index (χ2n) is 7.19. The Labute approximate surface area is 160 Å². The maximum atomic E-state index is 12.0. The quantitative estimate of drug-likeness (QED) is 0.620. The first-order valence-electron chi connectivity index (χ1n) is 8.84. The molecule has 1 aliphatic heterocycles. The van der Waals surface area contributed by atoms with E-state index < -0.39 is 10.1 Å². The predicted molar refractivity (Wildman–Crippen MR) is 107 cm³/mol. The van der Waals surface area contributed by atoms with Gasteiger partial charge in [0.15, 0.2) is 5.78 Å². The zero-order chi connectivity index (χ0) is 19.7. The number of para-hydroxylation sites is 1. The van der Waals surface area contributed by atoms with Gasteiger partial charge >= 0.3 is 0 Å². The largest absolute Gasteiger partial charge is 0.344 e. The highest BCUT2D eigenvalue weighted by molar-refractivity contribution is 7.85. The molecule has 0 saturated carbocycles. The molecule has 1 N–H and O–H groups in total. The van der Waals surface area contributed by atoms with E-state index in [-0.39, 0.29) is 17.0 Å². The first-order valence-corrected chi connectivity index (χ1v) is 10.4. The third-order valence-electron chi connectivity index (χ3n) is 4.92. The Balaban J connectivity index is 1.97. The third kappa shape index (κ3) is 4.12. The van der Waals surface area contributed by atoms with E-state index in [9.17, 15) is 13.2 Å². The number of carbonyl (C=O) groups excluding carboxylic acids is 1. The molecule has 27 heavy (non-hydrogen) atoms. The lowest BCUT2D eigenvalue weighted by Gasteiger charge is -2.27. The van der Waals surface area contributed by atoms with Crippen molar-refractivity contribution in [1.82, 2.24) is 0 Å². The summed E-state index contributed by atoms with van der Waals surface area (Å²) in [6.45, 7) is 4.67. The average molecular weight is 385 g/mol. The van der Waals surface area contributed by atoms with Gasteiger partial charge < -0.3 is 4.90 Å². The van der Waals surface area contributed by atoms with Crippen LogP contribution in [-0.4, -0.2) is 31.1 Å². The Kier molecular flexibility index (Phi) is 5.22. The Morgan fingerprint density at radius 2 is 1.81 bits per heavy atom. The van der Waals surface area contributed by atoms with Crippen LogP contribution in [0.4, 0.5) is 5.69 Å². The second kappa shape index (κ2) is 7.29. The molecule has 0 aromatic heterocycles. The van der Waals surface area contributed by atoms with Crippen LogP contribution in [-0.2, 0) is 20.3 Å². The van der Waals surface area contributed by atoms with Crippen LogP contribution >= 0.6 is 0 Å². The molecule has 1 aliphatic carbocycles. The fraction of sp³-hybridized carbons (Fsp3) is 0.286. The topological polar surface area (TPSA) is 74.7 Å². The summed E-state index contributed by atoms with van der Waals surface area (Å²) < 4.78 is 31.2. The highest BCUT2D eigenvalue weighted by atomic mass is 32.2. The molecule has 0 saturated heterocycles.